The van der Waals surface area contributed by atoms with Gasteiger partial charge in [-0.3, -0.25) is 0 Å². The van der Waals surface area contributed by atoms with E-state index >= 15 is 0 Å². The van der Waals surface area contributed by atoms with E-state index in [1.807, 2.05) is 0 Å². The van der Waals surface area contributed by atoms with Gasteiger partial charge in [-0.25, -0.2) is 9.59 Å². The Kier molecular flexibility index (Phi) is 8.09. The third-order valence-corrected chi connectivity index (χ3v) is 4.45. The van der Waals surface area contributed by atoms with Crippen molar-refractivity contribution in [1.29, 1.82) is 0 Å². The number of carboxylic acid groups (broad SMARTS) is 1. The lowest BCUT2D eigenvalue weighted by Gasteiger charge is -2.30. The molecular weight excluding hydrogens is 268 g/mol. The van der Waals surface area contributed by atoms with Crippen molar-refractivity contribution in [3.63, 3.8) is 0 Å². The topological polar surface area (TPSA) is 63.6 Å². The fraction of sp³-hybridized carbons (Fsp3) is 0.765. The summed E-state index contributed by atoms with van der Waals surface area (Å²) in [6.45, 7) is 5.01. The average molecular weight is 296 g/mol. The highest BCUT2D eigenvalue weighted by Gasteiger charge is 2.22. The zero-order valence-electron chi connectivity index (χ0n) is 13.2. The molecule has 0 spiro atoms. The van der Waals surface area contributed by atoms with Crippen LogP contribution in [0.4, 0.5) is 0 Å². The van der Waals surface area contributed by atoms with Crippen LogP contribution >= 0.6 is 0 Å². The number of rotatable bonds is 8. The first-order valence-electron chi connectivity index (χ1n) is 8.06. The fourth-order valence-corrected chi connectivity index (χ4v) is 3.04. The highest BCUT2D eigenvalue weighted by atomic mass is 16.5. The minimum Gasteiger partial charge on any atom is -0.478 e. The van der Waals surface area contributed by atoms with Gasteiger partial charge in [0.15, 0.2) is 0 Å². The van der Waals surface area contributed by atoms with E-state index in [2.05, 4.69) is 13.8 Å². The van der Waals surface area contributed by atoms with Crippen LogP contribution in [-0.2, 0) is 14.3 Å². The van der Waals surface area contributed by atoms with E-state index in [0.717, 1.165) is 42.7 Å². The molecule has 0 radical (unpaired) electrons. The fourth-order valence-electron chi connectivity index (χ4n) is 3.04. The molecule has 1 N–H and O–H groups in total. The predicted octanol–water partition coefficient (Wildman–Crippen LogP) is 3.80. The molecule has 0 saturated heterocycles. The van der Waals surface area contributed by atoms with Crippen molar-refractivity contribution >= 4 is 11.9 Å². The van der Waals surface area contributed by atoms with Crippen molar-refractivity contribution < 1.29 is 19.4 Å². The molecule has 0 unspecified atom stereocenters. The second kappa shape index (κ2) is 9.59. The van der Waals surface area contributed by atoms with Crippen molar-refractivity contribution in [2.24, 2.45) is 17.8 Å². The van der Waals surface area contributed by atoms with Gasteiger partial charge in [0.25, 0.3) is 0 Å². The molecule has 0 heterocycles. The van der Waals surface area contributed by atoms with Gasteiger partial charge in [-0.05, 0) is 43.4 Å². The summed E-state index contributed by atoms with van der Waals surface area (Å²) in [7, 11) is 0. The molecule has 4 nitrogen and oxygen atoms in total. The normalized spacial score (nSPS) is 22.6. The molecule has 1 rings (SSSR count). The zero-order chi connectivity index (χ0) is 15.7. The van der Waals surface area contributed by atoms with Crippen LogP contribution in [0.15, 0.2) is 12.2 Å². The Morgan fingerprint density at radius 2 is 1.81 bits per heavy atom. The summed E-state index contributed by atoms with van der Waals surface area (Å²) in [5.41, 5.74) is 0. The molecule has 0 aromatic heterocycles. The molecule has 21 heavy (non-hydrogen) atoms. The van der Waals surface area contributed by atoms with Crippen LogP contribution in [0.25, 0.3) is 0 Å². The average Bonchev–Trinajstić information content (AvgIpc) is 2.45. The molecule has 0 amide bonds. The standard InChI is InChI=1S/C17H28O4/c1-13(2)15-8-6-14(7-9-15)5-3-4-12-21-17(20)11-10-16(18)19/h10-11,13-15H,3-9,12H2,1-2H3,(H,18,19)/b11-10+. The van der Waals surface area contributed by atoms with Crippen LogP contribution in [0.5, 0.6) is 0 Å². The van der Waals surface area contributed by atoms with Gasteiger partial charge in [0, 0.05) is 12.2 Å². The lowest BCUT2D eigenvalue weighted by atomic mass is 9.75. The number of esters is 1. The number of hydrogen-bond donors (Lipinski definition) is 1. The second-order valence-corrected chi connectivity index (χ2v) is 6.36. The minimum atomic E-state index is -1.14. The molecule has 4 heteroatoms. The summed E-state index contributed by atoms with van der Waals surface area (Å²) in [5, 5.41) is 8.37. The van der Waals surface area contributed by atoms with Gasteiger partial charge in [0.1, 0.15) is 0 Å². The molecule has 120 valence electrons. The zero-order valence-corrected chi connectivity index (χ0v) is 13.2. The third-order valence-electron chi connectivity index (χ3n) is 4.45. The number of aliphatic carboxylic acids is 1. The third kappa shape index (κ3) is 7.88. The Labute approximate surface area is 127 Å². The largest absolute Gasteiger partial charge is 0.478 e. The van der Waals surface area contributed by atoms with Crippen molar-refractivity contribution in [3.8, 4) is 0 Å². The molecule has 1 aliphatic rings. The molecule has 1 fully saturated rings. The maximum absolute atomic E-state index is 11.1. The van der Waals surface area contributed by atoms with Gasteiger partial charge >= 0.3 is 11.9 Å². The molecule has 1 aliphatic carbocycles. The molecule has 0 aromatic carbocycles. The molecular formula is C17H28O4. The van der Waals surface area contributed by atoms with Crippen LogP contribution < -0.4 is 0 Å². The van der Waals surface area contributed by atoms with Crippen LogP contribution in [0.2, 0.25) is 0 Å². The number of unbranched alkanes of at least 4 members (excludes halogenated alkanes) is 1. The molecule has 0 atom stereocenters. The van der Waals surface area contributed by atoms with Crippen molar-refractivity contribution in [1.82, 2.24) is 0 Å². The van der Waals surface area contributed by atoms with E-state index in [0.29, 0.717) is 6.61 Å². The summed E-state index contributed by atoms with van der Waals surface area (Å²) in [6, 6.07) is 0. The van der Waals surface area contributed by atoms with Crippen LogP contribution in [0.3, 0.4) is 0 Å². The molecule has 0 bridgehead atoms. The number of hydrogen-bond acceptors (Lipinski definition) is 3. The van der Waals surface area contributed by atoms with Crippen LogP contribution in [0.1, 0.15) is 58.8 Å². The van der Waals surface area contributed by atoms with Crippen LogP contribution in [0, 0.1) is 17.8 Å². The smallest absolute Gasteiger partial charge is 0.331 e. The summed E-state index contributed by atoms with van der Waals surface area (Å²) in [4.78, 5) is 21.4. The SMILES string of the molecule is CC(C)C1CCC(CCCCOC(=O)/C=C/C(=O)O)CC1. The van der Waals surface area contributed by atoms with Gasteiger partial charge in [-0.2, -0.15) is 0 Å². The summed E-state index contributed by atoms with van der Waals surface area (Å²) in [5.74, 6) is 0.842. The molecule has 0 aliphatic heterocycles. The highest BCUT2D eigenvalue weighted by Crippen LogP contribution is 2.35. The van der Waals surface area contributed by atoms with E-state index in [9.17, 15) is 9.59 Å². The Balaban J connectivity index is 2.02. The Morgan fingerprint density at radius 1 is 1.14 bits per heavy atom. The minimum absolute atomic E-state index is 0.379. The predicted molar refractivity (Wildman–Crippen MR) is 81.9 cm³/mol. The number of carbonyl (C=O) groups excluding carboxylic acids is 1. The van der Waals surface area contributed by atoms with Crippen molar-refractivity contribution in [2.75, 3.05) is 6.61 Å². The Hall–Kier alpha value is -1.32. The van der Waals surface area contributed by atoms with Gasteiger partial charge in [0.05, 0.1) is 6.61 Å². The van der Waals surface area contributed by atoms with Gasteiger partial charge in [0.2, 0.25) is 0 Å². The van der Waals surface area contributed by atoms with E-state index in [1.165, 1.54) is 32.1 Å². The number of carboxylic acids is 1. The van der Waals surface area contributed by atoms with Gasteiger partial charge < -0.3 is 9.84 Å². The maximum Gasteiger partial charge on any atom is 0.331 e. The van der Waals surface area contributed by atoms with E-state index in [-0.39, 0.29) is 0 Å². The summed E-state index contributed by atoms with van der Waals surface area (Å²) >= 11 is 0. The monoisotopic (exact) mass is 296 g/mol. The quantitative estimate of drug-likeness (QED) is 0.420. The first-order valence-corrected chi connectivity index (χ1v) is 8.06. The van der Waals surface area contributed by atoms with Crippen molar-refractivity contribution in [2.45, 2.75) is 58.8 Å². The van der Waals surface area contributed by atoms with Crippen molar-refractivity contribution in [3.05, 3.63) is 12.2 Å². The summed E-state index contributed by atoms with van der Waals surface area (Å²) < 4.78 is 4.94. The Morgan fingerprint density at radius 3 is 2.38 bits per heavy atom. The highest BCUT2D eigenvalue weighted by molar-refractivity contribution is 5.90. The molecule has 1 saturated carbocycles. The van der Waals surface area contributed by atoms with Crippen LogP contribution in [-0.4, -0.2) is 23.7 Å². The molecule has 0 aromatic rings. The Bertz CT molecular complexity index is 352. The lowest BCUT2D eigenvalue weighted by Crippen LogP contribution is -2.18. The number of ether oxygens (including phenoxy) is 1. The first-order chi connectivity index (χ1) is 9.99. The number of carbonyl (C=O) groups is 2. The lowest BCUT2D eigenvalue weighted by molar-refractivity contribution is -0.138. The van der Waals surface area contributed by atoms with E-state index in [1.54, 1.807) is 0 Å². The van der Waals surface area contributed by atoms with E-state index < -0.39 is 11.9 Å². The second-order valence-electron chi connectivity index (χ2n) is 6.36. The first kappa shape index (κ1) is 17.7. The summed E-state index contributed by atoms with van der Waals surface area (Å²) in [6.07, 6.45) is 10.3. The van der Waals surface area contributed by atoms with Gasteiger partial charge in [-0.1, -0.05) is 33.1 Å². The van der Waals surface area contributed by atoms with E-state index in [4.69, 9.17) is 9.84 Å². The maximum atomic E-state index is 11.1. The van der Waals surface area contributed by atoms with Gasteiger partial charge in [-0.15, -0.1) is 0 Å².